The lowest BCUT2D eigenvalue weighted by molar-refractivity contribution is -0.183. The smallest absolute Gasteiger partial charge is 0.348 e. The van der Waals surface area contributed by atoms with Gasteiger partial charge in [-0.2, -0.15) is 13.2 Å². The third-order valence-electron chi connectivity index (χ3n) is 3.43. The fraction of sp³-hybridized carbons (Fsp3) is 0.667. The van der Waals surface area contributed by atoms with Crippen LogP contribution in [0.15, 0.2) is 5.38 Å². The van der Waals surface area contributed by atoms with Gasteiger partial charge in [0.25, 0.3) is 5.91 Å². The van der Waals surface area contributed by atoms with Crippen molar-refractivity contribution in [3.63, 3.8) is 0 Å². The molecule has 0 radical (unpaired) electrons. The number of nitrogens with zero attached hydrogens (tertiary/aromatic N) is 1. The standard InChI is InChI=1S/C12H16F3N3OS.ClH/c13-12(14,15)7-2-1-3-8(4-7)17-11(19)9-6-20-10(5-16)18-9;/h6-8H,1-5,16H2,(H,17,19);1H. The van der Waals surface area contributed by atoms with Crippen LogP contribution in [0.25, 0.3) is 0 Å². The summed E-state index contributed by atoms with van der Waals surface area (Å²) in [6.45, 7) is 0.248. The summed E-state index contributed by atoms with van der Waals surface area (Å²) >= 11 is 1.27. The van der Waals surface area contributed by atoms with Crippen molar-refractivity contribution < 1.29 is 18.0 Å². The van der Waals surface area contributed by atoms with E-state index in [1.54, 1.807) is 5.38 Å². The minimum atomic E-state index is -4.18. The molecule has 1 saturated carbocycles. The van der Waals surface area contributed by atoms with Crippen molar-refractivity contribution in [2.24, 2.45) is 11.7 Å². The van der Waals surface area contributed by atoms with E-state index in [4.69, 9.17) is 5.73 Å². The molecule has 2 unspecified atom stereocenters. The molecular formula is C12H17ClF3N3OS. The van der Waals surface area contributed by atoms with Crippen molar-refractivity contribution in [2.75, 3.05) is 0 Å². The second kappa shape index (κ2) is 7.42. The van der Waals surface area contributed by atoms with E-state index in [9.17, 15) is 18.0 Å². The van der Waals surface area contributed by atoms with Crippen molar-refractivity contribution in [1.82, 2.24) is 10.3 Å². The zero-order valence-corrected chi connectivity index (χ0v) is 12.8. The molecule has 1 aliphatic rings. The Morgan fingerprint density at radius 1 is 1.48 bits per heavy atom. The molecule has 1 aliphatic carbocycles. The van der Waals surface area contributed by atoms with Crippen molar-refractivity contribution in [1.29, 1.82) is 0 Å². The Labute approximate surface area is 130 Å². The first kappa shape index (κ1) is 18.2. The van der Waals surface area contributed by atoms with Crippen LogP contribution in [0.4, 0.5) is 13.2 Å². The molecular weight excluding hydrogens is 327 g/mol. The van der Waals surface area contributed by atoms with Gasteiger partial charge in [-0.05, 0) is 19.3 Å². The topological polar surface area (TPSA) is 68.0 Å². The lowest BCUT2D eigenvalue weighted by Gasteiger charge is -2.30. The van der Waals surface area contributed by atoms with Gasteiger partial charge in [-0.3, -0.25) is 4.79 Å². The summed E-state index contributed by atoms with van der Waals surface area (Å²) in [5.74, 6) is -1.75. The Morgan fingerprint density at radius 2 is 2.19 bits per heavy atom. The number of thiazole rings is 1. The van der Waals surface area contributed by atoms with Crippen LogP contribution in [0, 0.1) is 5.92 Å². The summed E-state index contributed by atoms with van der Waals surface area (Å²) in [6.07, 6.45) is -3.05. The van der Waals surface area contributed by atoms with Gasteiger partial charge < -0.3 is 11.1 Å². The first-order valence-electron chi connectivity index (χ1n) is 6.42. The van der Waals surface area contributed by atoms with Crippen LogP contribution in [0.1, 0.15) is 41.2 Å². The summed E-state index contributed by atoms with van der Waals surface area (Å²) in [5, 5.41) is 4.84. The molecule has 0 aliphatic heterocycles. The second-order valence-electron chi connectivity index (χ2n) is 4.91. The van der Waals surface area contributed by atoms with Crippen molar-refractivity contribution in [2.45, 2.75) is 44.4 Å². The van der Waals surface area contributed by atoms with Crippen LogP contribution in [-0.4, -0.2) is 23.1 Å². The van der Waals surface area contributed by atoms with Crippen molar-refractivity contribution in [3.05, 3.63) is 16.1 Å². The maximum atomic E-state index is 12.7. The van der Waals surface area contributed by atoms with Gasteiger partial charge in [-0.15, -0.1) is 23.7 Å². The lowest BCUT2D eigenvalue weighted by Crippen LogP contribution is -2.41. The number of aromatic nitrogens is 1. The number of rotatable bonds is 3. The van der Waals surface area contributed by atoms with Gasteiger partial charge in [-0.1, -0.05) is 6.42 Å². The molecule has 3 N–H and O–H groups in total. The molecule has 1 fully saturated rings. The number of halogens is 4. The Balaban J connectivity index is 0.00000220. The van der Waals surface area contributed by atoms with Crippen LogP contribution < -0.4 is 11.1 Å². The number of hydrogen-bond acceptors (Lipinski definition) is 4. The molecule has 120 valence electrons. The third kappa shape index (κ3) is 4.82. The van der Waals surface area contributed by atoms with E-state index in [2.05, 4.69) is 10.3 Å². The predicted octanol–water partition coefficient (Wildman–Crippen LogP) is 2.87. The van der Waals surface area contributed by atoms with Gasteiger partial charge in [0.2, 0.25) is 0 Å². The predicted molar refractivity (Wildman–Crippen MR) is 76.5 cm³/mol. The summed E-state index contributed by atoms with van der Waals surface area (Å²) in [5.41, 5.74) is 5.63. The van der Waals surface area contributed by atoms with Gasteiger partial charge in [-0.25, -0.2) is 4.98 Å². The van der Waals surface area contributed by atoms with Crippen LogP contribution in [0.3, 0.4) is 0 Å². The molecule has 2 rings (SSSR count). The van der Waals surface area contributed by atoms with E-state index in [-0.39, 0.29) is 37.5 Å². The molecule has 0 aromatic carbocycles. The van der Waals surface area contributed by atoms with Crippen LogP contribution in [0.5, 0.6) is 0 Å². The monoisotopic (exact) mass is 343 g/mol. The molecule has 1 aromatic rings. The highest BCUT2D eigenvalue weighted by atomic mass is 35.5. The molecule has 0 spiro atoms. The number of carbonyl (C=O) groups is 1. The third-order valence-corrected chi connectivity index (χ3v) is 4.30. The largest absolute Gasteiger partial charge is 0.391 e. The molecule has 4 nitrogen and oxygen atoms in total. The minimum absolute atomic E-state index is 0. The number of nitrogens with one attached hydrogen (secondary N) is 1. The van der Waals surface area contributed by atoms with Crippen LogP contribution in [0.2, 0.25) is 0 Å². The molecule has 0 saturated heterocycles. The molecule has 9 heteroatoms. The molecule has 1 aromatic heterocycles. The Morgan fingerprint density at radius 3 is 2.76 bits per heavy atom. The average molecular weight is 344 g/mol. The molecule has 1 heterocycles. The molecule has 21 heavy (non-hydrogen) atoms. The van der Waals surface area contributed by atoms with Crippen LogP contribution in [-0.2, 0) is 6.54 Å². The Hall–Kier alpha value is -0.860. The number of amides is 1. The Bertz CT molecular complexity index is 481. The van der Waals surface area contributed by atoms with Gasteiger partial charge >= 0.3 is 6.18 Å². The van der Waals surface area contributed by atoms with E-state index >= 15 is 0 Å². The summed E-state index contributed by atoms with van der Waals surface area (Å²) in [7, 11) is 0. The minimum Gasteiger partial charge on any atom is -0.348 e. The van der Waals surface area contributed by atoms with E-state index in [1.807, 2.05) is 0 Å². The second-order valence-corrected chi connectivity index (χ2v) is 5.85. The molecule has 1 amide bonds. The zero-order valence-electron chi connectivity index (χ0n) is 11.2. The fourth-order valence-electron chi connectivity index (χ4n) is 2.39. The highest BCUT2D eigenvalue weighted by Gasteiger charge is 2.42. The molecule has 2 atom stereocenters. The highest BCUT2D eigenvalue weighted by molar-refractivity contribution is 7.09. The normalized spacial score (nSPS) is 22.5. The van der Waals surface area contributed by atoms with Gasteiger partial charge in [0, 0.05) is 18.0 Å². The summed E-state index contributed by atoms with van der Waals surface area (Å²) in [6, 6.07) is -0.439. The van der Waals surface area contributed by atoms with E-state index < -0.39 is 24.0 Å². The maximum absolute atomic E-state index is 12.7. The number of nitrogens with two attached hydrogens (primary N) is 1. The zero-order chi connectivity index (χ0) is 14.8. The van der Waals surface area contributed by atoms with Gasteiger partial charge in [0.05, 0.1) is 5.92 Å². The number of hydrogen-bond donors (Lipinski definition) is 2. The lowest BCUT2D eigenvalue weighted by atomic mass is 9.85. The quantitative estimate of drug-likeness (QED) is 0.886. The average Bonchev–Trinajstić information content (AvgIpc) is 2.87. The number of carbonyl (C=O) groups excluding carboxylic acids is 1. The van der Waals surface area contributed by atoms with Crippen LogP contribution >= 0.6 is 23.7 Å². The van der Waals surface area contributed by atoms with E-state index in [0.29, 0.717) is 17.8 Å². The van der Waals surface area contributed by atoms with E-state index in [1.165, 1.54) is 11.3 Å². The summed E-state index contributed by atoms with van der Waals surface area (Å²) in [4.78, 5) is 15.9. The van der Waals surface area contributed by atoms with Gasteiger partial charge in [0.15, 0.2) is 0 Å². The van der Waals surface area contributed by atoms with Crippen molar-refractivity contribution >= 4 is 29.7 Å². The number of alkyl halides is 3. The SMILES string of the molecule is Cl.NCc1nc(C(=O)NC2CCCC(C(F)(F)F)C2)cs1. The molecule has 0 bridgehead atoms. The fourth-order valence-corrected chi connectivity index (χ4v) is 3.04. The van der Waals surface area contributed by atoms with Gasteiger partial charge in [0.1, 0.15) is 10.7 Å². The first-order chi connectivity index (χ1) is 9.40. The summed E-state index contributed by atoms with van der Waals surface area (Å²) < 4.78 is 38.1. The van der Waals surface area contributed by atoms with Crippen molar-refractivity contribution in [3.8, 4) is 0 Å². The highest BCUT2D eigenvalue weighted by Crippen LogP contribution is 2.37. The van der Waals surface area contributed by atoms with E-state index in [0.717, 1.165) is 0 Å². The first-order valence-corrected chi connectivity index (χ1v) is 7.30. The maximum Gasteiger partial charge on any atom is 0.391 e. The Kier molecular flexibility index (Phi) is 6.42.